The molecule has 0 aliphatic rings. The molecule has 0 saturated heterocycles. The molecule has 0 N–H and O–H groups in total. The van der Waals surface area contributed by atoms with E-state index in [1.165, 1.54) is 16.7 Å². The molecular formula is C20H26O3. The number of carbonyl (C=O) groups excluding carboxylic acids is 1. The Morgan fingerprint density at radius 3 is 2.43 bits per heavy atom. The summed E-state index contributed by atoms with van der Waals surface area (Å²) in [6, 6.07) is 2.05. The van der Waals surface area contributed by atoms with Crippen LogP contribution in [0.1, 0.15) is 36.1 Å². The zero-order valence-electron chi connectivity index (χ0n) is 14.9. The minimum absolute atomic E-state index is 0.279. The fraction of sp³-hybridized carbons (Fsp3) is 0.350. The first-order valence-electron chi connectivity index (χ1n) is 7.75. The second kappa shape index (κ2) is 8.99. The van der Waals surface area contributed by atoms with Crippen molar-refractivity contribution in [3.8, 4) is 5.75 Å². The Kier molecular flexibility index (Phi) is 7.33. The zero-order valence-corrected chi connectivity index (χ0v) is 14.9. The third-order valence-corrected chi connectivity index (χ3v) is 3.76. The van der Waals surface area contributed by atoms with Gasteiger partial charge in [-0.2, -0.15) is 0 Å². The van der Waals surface area contributed by atoms with Crippen LogP contribution in [0.25, 0.3) is 6.08 Å². The van der Waals surface area contributed by atoms with Crippen molar-refractivity contribution >= 4 is 12.0 Å². The summed E-state index contributed by atoms with van der Waals surface area (Å²) in [5, 5.41) is 0. The third kappa shape index (κ3) is 5.13. The molecule has 0 heterocycles. The lowest BCUT2D eigenvalue weighted by Gasteiger charge is -2.13. The number of hydrogen-bond acceptors (Lipinski definition) is 3. The molecule has 0 amide bonds. The molecule has 0 radical (unpaired) electrons. The van der Waals surface area contributed by atoms with E-state index < -0.39 is 0 Å². The maximum atomic E-state index is 11.5. The molecule has 23 heavy (non-hydrogen) atoms. The first kappa shape index (κ1) is 18.8. The summed E-state index contributed by atoms with van der Waals surface area (Å²) in [5.74, 6) is 0.638. The molecule has 1 aromatic carbocycles. The Hall–Kier alpha value is -2.29. The number of benzene rings is 1. The highest BCUT2D eigenvalue weighted by atomic mass is 16.5. The molecule has 0 unspecified atom stereocenters. The molecule has 0 fully saturated rings. The number of esters is 1. The van der Waals surface area contributed by atoms with Crippen LogP contribution in [-0.2, 0) is 9.53 Å². The van der Waals surface area contributed by atoms with E-state index in [0.29, 0.717) is 12.2 Å². The van der Waals surface area contributed by atoms with Gasteiger partial charge in [0.05, 0.1) is 13.7 Å². The summed E-state index contributed by atoms with van der Waals surface area (Å²) in [6.07, 6.45) is 9.53. The number of hydrogen-bond donors (Lipinski definition) is 0. The first-order valence-corrected chi connectivity index (χ1v) is 7.75. The molecule has 124 valence electrons. The van der Waals surface area contributed by atoms with Crippen molar-refractivity contribution in [2.24, 2.45) is 0 Å². The van der Waals surface area contributed by atoms with E-state index in [9.17, 15) is 4.79 Å². The minimum Gasteiger partial charge on any atom is -0.496 e. The Morgan fingerprint density at radius 2 is 1.83 bits per heavy atom. The average molecular weight is 314 g/mol. The van der Waals surface area contributed by atoms with Gasteiger partial charge in [0.25, 0.3) is 0 Å². The highest BCUT2D eigenvalue weighted by molar-refractivity contribution is 5.88. The normalized spacial score (nSPS) is 12.2. The van der Waals surface area contributed by atoms with Gasteiger partial charge in [-0.15, -0.1) is 0 Å². The lowest BCUT2D eigenvalue weighted by molar-refractivity contribution is -0.138. The van der Waals surface area contributed by atoms with Crippen molar-refractivity contribution in [1.82, 2.24) is 0 Å². The first-order chi connectivity index (χ1) is 10.9. The second-order valence-electron chi connectivity index (χ2n) is 5.37. The van der Waals surface area contributed by atoms with Gasteiger partial charge in [0.2, 0.25) is 0 Å². The summed E-state index contributed by atoms with van der Waals surface area (Å²) >= 11 is 0. The predicted octanol–water partition coefficient (Wildman–Crippen LogP) is 4.70. The maximum absolute atomic E-state index is 11.5. The van der Waals surface area contributed by atoms with Crippen LogP contribution in [0.4, 0.5) is 0 Å². The van der Waals surface area contributed by atoms with Crippen LogP contribution in [-0.4, -0.2) is 19.7 Å². The summed E-state index contributed by atoms with van der Waals surface area (Å²) in [6.45, 7) is 10.2. The third-order valence-electron chi connectivity index (χ3n) is 3.76. The molecule has 0 aromatic heterocycles. The Bertz CT molecular complexity index is 649. The number of allylic oxidation sites excluding steroid dienone is 4. The van der Waals surface area contributed by atoms with Gasteiger partial charge in [-0.25, -0.2) is 4.79 Å². The van der Waals surface area contributed by atoms with Crippen LogP contribution in [0.15, 0.2) is 35.9 Å². The van der Waals surface area contributed by atoms with Crippen molar-refractivity contribution in [1.29, 1.82) is 0 Å². The number of methoxy groups -OCH3 is 1. The van der Waals surface area contributed by atoms with Crippen molar-refractivity contribution < 1.29 is 14.3 Å². The summed E-state index contributed by atoms with van der Waals surface area (Å²) in [4.78, 5) is 11.5. The maximum Gasteiger partial charge on any atom is 0.333 e. The highest BCUT2D eigenvalue weighted by Gasteiger charge is 2.08. The minimum atomic E-state index is -0.279. The average Bonchev–Trinajstić information content (AvgIpc) is 2.53. The van der Waals surface area contributed by atoms with Gasteiger partial charge in [0.15, 0.2) is 0 Å². The lowest BCUT2D eigenvalue weighted by Crippen LogP contribution is -2.04. The van der Waals surface area contributed by atoms with Crippen LogP contribution in [0.2, 0.25) is 0 Å². The van der Waals surface area contributed by atoms with Gasteiger partial charge in [0, 0.05) is 5.57 Å². The molecule has 0 spiro atoms. The lowest BCUT2D eigenvalue weighted by atomic mass is 9.97. The predicted molar refractivity (Wildman–Crippen MR) is 95.8 cm³/mol. The van der Waals surface area contributed by atoms with E-state index in [-0.39, 0.29) is 5.97 Å². The zero-order chi connectivity index (χ0) is 17.4. The van der Waals surface area contributed by atoms with Crippen LogP contribution in [0.3, 0.4) is 0 Å². The van der Waals surface area contributed by atoms with E-state index >= 15 is 0 Å². The topological polar surface area (TPSA) is 35.5 Å². The summed E-state index contributed by atoms with van der Waals surface area (Å²) in [5.41, 5.74) is 5.32. The molecule has 1 rings (SSSR count). The molecule has 0 aliphatic carbocycles. The Morgan fingerprint density at radius 1 is 1.13 bits per heavy atom. The highest BCUT2D eigenvalue weighted by Crippen LogP contribution is 2.28. The SMILES string of the molecule is CCOC(=O)C(C)=CC=CC=Cc1c(C)cc(OC)c(C)c1C. The van der Waals surface area contributed by atoms with Gasteiger partial charge < -0.3 is 9.47 Å². The smallest absolute Gasteiger partial charge is 0.333 e. The summed E-state index contributed by atoms with van der Waals surface area (Å²) < 4.78 is 10.3. The van der Waals surface area contributed by atoms with Crippen molar-refractivity contribution in [2.75, 3.05) is 13.7 Å². The van der Waals surface area contributed by atoms with E-state index in [2.05, 4.69) is 32.9 Å². The largest absolute Gasteiger partial charge is 0.496 e. The molecule has 3 heteroatoms. The fourth-order valence-electron chi connectivity index (χ4n) is 2.26. The van der Waals surface area contributed by atoms with Gasteiger partial charge in [-0.3, -0.25) is 0 Å². The number of ether oxygens (including phenoxy) is 2. The molecule has 0 atom stereocenters. The number of carbonyl (C=O) groups is 1. The summed E-state index contributed by atoms with van der Waals surface area (Å²) in [7, 11) is 1.69. The van der Waals surface area contributed by atoms with Crippen LogP contribution in [0.5, 0.6) is 5.75 Å². The second-order valence-corrected chi connectivity index (χ2v) is 5.37. The molecule has 1 aromatic rings. The monoisotopic (exact) mass is 314 g/mol. The van der Waals surface area contributed by atoms with E-state index in [4.69, 9.17) is 9.47 Å². The molecule has 0 aliphatic heterocycles. The quantitative estimate of drug-likeness (QED) is 0.434. The van der Waals surface area contributed by atoms with Gasteiger partial charge in [0.1, 0.15) is 5.75 Å². The number of rotatable bonds is 6. The van der Waals surface area contributed by atoms with Gasteiger partial charge >= 0.3 is 5.97 Å². The van der Waals surface area contributed by atoms with Crippen LogP contribution in [0, 0.1) is 20.8 Å². The fourth-order valence-corrected chi connectivity index (χ4v) is 2.26. The van der Waals surface area contributed by atoms with Crippen LogP contribution >= 0.6 is 0 Å². The molecule has 0 bridgehead atoms. The van der Waals surface area contributed by atoms with Crippen molar-refractivity contribution in [3.63, 3.8) is 0 Å². The van der Waals surface area contributed by atoms with E-state index in [0.717, 1.165) is 11.3 Å². The molecular weight excluding hydrogens is 288 g/mol. The van der Waals surface area contributed by atoms with Gasteiger partial charge in [-0.05, 0) is 62.9 Å². The van der Waals surface area contributed by atoms with Crippen molar-refractivity contribution in [3.05, 3.63) is 58.2 Å². The Balaban J connectivity index is 2.87. The molecule has 0 saturated carbocycles. The number of aryl methyl sites for hydroxylation is 1. The van der Waals surface area contributed by atoms with E-state index in [1.807, 2.05) is 18.2 Å². The van der Waals surface area contributed by atoms with Crippen molar-refractivity contribution in [2.45, 2.75) is 34.6 Å². The molecule has 3 nitrogen and oxygen atoms in total. The Labute approximate surface area is 139 Å². The van der Waals surface area contributed by atoms with E-state index in [1.54, 1.807) is 27.0 Å². The van der Waals surface area contributed by atoms with Gasteiger partial charge in [-0.1, -0.05) is 30.4 Å². The van der Waals surface area contributed by atoms with Crippen LogP contribution < -0.4 is 4.74 Å². The standard InChI is InChI=1S/C20H26O3/c1-7-23-20(21)14(2)11-9-8-10-12-18-15(3)13-19(22-6)17(5)16(18)4/h8-13H,7H2,1-6H3.